The normalized spacial score (nSPS) is 19.3. The molecule has 3 aromatic rings. The molecule has 31 heavy (non-hydrogen) atoms. The first kappa shape index (κ1) is 20.8. The van der Waals surface area contributed by atoms with Gasteiger partial charge < -0.3 is 9.88 Å². The van der Waals surface area contributed by atoms with Crippen molar-refractivity contribution >= 4 is 10.9 Å². The number of aryl methyl sites for hydroxylation is 1. The second-order valence-electron chi connectivity index (χ2n) is 9.99. The molecule has 1 unspecified atom stereocenters. The Balaban J connectivity index is 1.47. The third-order valence-electron chi connectivity index (χ3n) is 7.78. The Morgan fingerprint density at radius 3 is 2.48 bits per heavy atom. The lowest BCUT2D eigenvalue weighted by atomic mass is 9.87. The van der Waals surface area contributed by atoms with Gasteiger partial charge >= 0.3 is 0 Å². The molecule has 1 aromatic heterocycles. The average molecular weight is 415 g/mol. The minimum Gasteiger partial charge on any atom is -0.344 e. The minimum atomic E-state index is 0.448. The fourth-order valence-electron chi connectivity index (χ4n) is 6.12. The van der Waals surface area contributed by atoms with Gasteiger partial charge in [-0.25, -0.2) is 0 Å². The van der Waals surface area contributed by atoms with Crippen LogP contribution < -0.4 is 5.32 Å². The molecule has 0 aliphatic heterocycles. The number of rotatable bonds is 7. The number of hydrogen-bond donors (Lipinski definition) is 1. The maximum atomic E-state index is 3.91. The van der Waals surface area contributed by atoms with Crippen LogP contribution in [0.1, 0.15) is 92.9 Å². The molecule has 0 saturated heterocycles. The van der Waals surface area contributed by atoms with Crippen molar-refractivity contribution < 1.29 is 0 Å². The van der Waals surface area contributed by atoms with Crippen LogP contribution in [0.2, 0.25) is 0 Å². The van der Waals surface area contributed by atoms with Crippen LogP contribution in [0.25, 0.3) is 10.9 Å². The monoisotopic (exact) mass is 414 g/mol. The summed E-state index contributed by atoms with van der Waals surface area (Å²) in [4.78, 5) is 0. The number of para-hydroxylation sites is 1. The van der Waals surface area contributed by atoms with E-state index in [9.17, 15) is 0 Å². The number of nitrogens with zero attached hydrogens (tertiary/aromatic N) is 1. The first-order valence-electron chi connectivity index (χ1n) is 12.7. The molecule has 0 spiro atoms. The van der Waals surface area contributed by atoms with Crippen molar-refractivity contribution in [2.45, 2.75) is 89.1 Å². The highest BCUT2D eigenvalue weighted by molar-refractivity contribution is 5.85. The quantitative estimate of drug-likeness (QED) is 0.423. The van der Waals surface area contributed by atoms with Gasteiger partial charge in [-0.2, -0.15) is 0 Å². The predicted octanol–water partition coefficient (Wildman–Crippen LogP) is 7.51. The predicted molar refractivity (Wildman–Crippen MR) is 132 cm³/mol. The Hall–Kier alpha value is -2.06. The van der Waals surface area contributed by atoms with E-state index in [4.69, 9.17) is 0 Å². The van der Waals surface area contributed by atoms with Crippen LogP contribution >= 0.6 is 0 Å². The van der Waals surface area contributed by atoms with Crippen LogP contribution in [0.3, 0.4) is 0 Å². The smallest absolute Gasteiger partial charge is 0.0485 e. The van der Waals surface area contributed by atoms with Gasteiger partial charge in [0.25, 0.3) is 0 Å². The molecule has 5 rings (SSSR count). The van der Waals surface area contributed by atoms with Crippen molar-refractivity contribution in [2.24, 2.45) is 0 Å². The van der Waals surface area contributed by atoms with Gasteiger partial charge in [-0.15, -0.1) is 0 Å². The summed E-state index contributed by atoms with van der Waals surface area (Å²) in [5.74, 6) is 0.448. The van der Waals surface area contributed by atoms with Gasteiger partial charge in [-0.3, -0.25) is 0 Å². The Kier molecular flexibility index (Phi) is 6.45. The average Bonchev–Trinajstić information content (AvgIpc) is 3.46. The summed E-state index contributed by atoms with van der Waals surface area (Å²) in [7, 11) is 0. The molecule has 2 aliphatic carbocycles. The lowest BCUT2D eigenvalue weighted by Crippen LogP contribution is -2.32. The molecule has 1 heterocycles. The van der Waals surface area contributed by atoms with Crippen LogP contribution in [0.15, 0.2) is 54.7 Å². The molecular weight excluding hydrogens is 376 g/mol. The van der Waals surface area contributed by atoms with E-state index < -0.39 is 0 Å². The van der Waals surface area contributed by atoms with Crippen LogP contribution in [-0.2, 0) is 0 Å². The molecule has 0 amide bonds. The van der Waals surface area contributed by atoms with E-state index in [-0.39, 0.29) is 0 Å². The minimum absolute atomic E-state index is 0.448. The van der Waals surface area contributed by atoms with Crippen molar-refractivity contribution in [2.75, 3.05) is 6.54 Å². The molecule has 1 atom stereocenters. The zero-order valence-electron chi connectivity index (χ0n) is 19.2. The SMILES string of the molecule is Cc1cccc(C(CCNC2CCCCC2)c2cn(C3CCCC3)c3ccccc23)c1. The van der Waals surface area contributed by atoms with Crippen molar-refractivity contribution in [3.63, 3.8) is 0 Å². The second-order valence-corrected chi connectivity index (χ2v) is 9.99. The summed E-state index contributed by atoms with van der Waals surface area (Å²) in [5, 5.41) is 5.37. The van der Waals surface area contributed by atoms with Gasteiger partial charge in [0.15, 0.2) is 0 Å². The van der Waals surface area contributed by atoms with Gasteiger partial charge in [0.2, 0.25) is 0 Å². The van der Waals surface area contributed by atoms with Crippen molar-refractivity contribution in [1.82, 2.24) is 9.88 Å². The molecular formula is C29H38N2. The Morgan fingerprint density at radius 2 is 1.68 bits per heavy atom. The topological polar surface area (TPSA) is 17.0 Å². The summed E-state index contributed by atoms with van der Waals surface area (Å²) < 4.78 is 2.62. The van der Waals surface area contributed by atoms with Crippen LogP contribution in [0.4, 0.5) is 0 Å². The Bertz CT molecular complexity index is 989. The molecule has 2 aliphatic rings. The number of fused-ring (bicyclic) bond motifs is 1. The largest absolute Gasteiger partial charge is 0.344 e. The van der Waals surface area contributed by atoms with Crippen LogP contribution in [-0.4, -0.2) is 17.2 Å². The summed E-state index contributed by atoms with van der Waals surface area (Å²) in [6.45, 7) is 3.33. The van der Waals surface area contributed by atoms with E-state index in [1.54, 1.807) is 0 Å². The van der Waals surface area contributed by atoms with Crippen LogP contribution in [0, 0.1) is 6.92 Å². The lowest BCUT2D eigenvalue weighted by molar-refractivity contribution is 0.370. The second kappa shape index (κ2) is 9.61. The number of benzene rings is 2. The van der Waals surface area contributed by atoms with E-state index in [0.717, 1.165) is 12.6 Å². The number of hydrogen-bond acceptors (Lipinski definition) is 1. The van der Waals surface area contributed by atoms with Crippen molar-refractivity contribution in [3.8, 4) is 0 Å². The Labute approximate surface area is 188 Å². The number of aromatic nitrogens is 1. The van der Waals surface area contributed by atoms with E-state index in [1.165, 1.54) is 91.8 Å². The highest BCUT2D eigenvalue weighted by Crippen LogP contribution is 2.39. The van der Waals surface area contributed by atoms with Gasteiger partial charge in [0, 0.05) is 35.1 Å². The standard InChI is InChI=1S/C29H38N2/c1-22-10-9-11-23(20-22)26(18-19-30-24-12-3-2-4-13-24)28-21-31(25-14-5-6-15-25)29-17-8-7-16-27(28)29/h7-11,16-17,20-21,24-26,30H,2-6,12-15,18-19H2,1H3. The van der Waals surface area contributed by atoms with Gasteiger partial charge in [-0.05, 0) is 62.8 Å². The molecule has 0 bridgehead atoms. The van der Waals surface area contributed by atoms with Crippen molar-refractivity contribution in [3.05, 3.63) is 71.4 Å². The lowest BCUT2D eigenvalue weighted by Gasteiger charge is -2.25. The van der Waals surface area contributed by atoms with Crippen LogP contribution in [0.5, 0.6) is 0 Å². The molecule has 164 valence electrons. The van der Waals surface area contributed by atoms with E-state index in [2.05, 4.69) is 71.5 Å². The van der Waals surface area contributed by atoms with Crippen molar-refractivity contribution in [1.29, 1.82) is 0 Å². The van der Waals surface area contributed by atoms with Gasteiger partial charge in [0.1, 0.15) is 0 Å². The molecule has 1 N–H and O–H groups in total. The third-order valence-corrected chi connectivity index (χ3v) is 7.78. The van der Waals surface area contributed by atoms with E-state index in [0.29, 0.717) is 12.0 Å². The maximum absolute atomic E-state index is 3.91. The highest BCUT2D eigenvalue weighted by Gasteiger charge is 2.24. The maximum Gasteiger partial charge on any atom is 0.0485 e. The molecule has 2 fully saturated rings. The summed E-state index contributed by atoms with van der Waals surface area (Å²) >= 11 is 0. The highest BCUT2D eigenvalue weighted by atomic mass is 15.0. The van der Waals surface area contributed by atoms with Gasteiger partial charge in [-0.1, -0.05) is 80.1 Å². The summed E-state index contributed by atoms with van der Waals surface area (Å²) in [5.41, 5.74) is 5.79. The van der Waals surface area contributed by atoms with Gasteiger partial charge in [0.05, 0.1) is 0 Å². The molecule has 0 radical (unpaired) electrons. The molecule has 2 saturated carbocycles. The van der Waals surface area contributed by atoms with E-state index >= 15 is 0 Å². The fourth-order valence-corrected chi connectivity index (χ4v) is 6.12. The molecule has 2 heteroatoms. The fraction of sp³-hybridized carbons (Fsp3) is 0.517. The Morgan fingerprint density at radius 1 is 0.903 bits per heavy atom. The first-order chi connectivity index (χ1) is 15.3. The first-order valence-corrected chi connectivity index (χ1v) is 12.7. The van der Waals surface area contributed by atoms with E-state index in [1.807, 2.05) is 0 Å². The summed E-state index contributed by atoms with van der Waals surface area (Å²) in [6.07, 6.45) is 16.0. The zero-order valence-corrected chi connectivity index (χ0v) is 19.2. The zero-order chi connectivity index (χ0) is 21.0. The molecule has 2 nitrogen and oxygen atoms in total. The third kappa shape index (κ3) is 4.60. The molecule has 2 aromatic carbocycles. The summed E-state index contributed by atoms with van der Waals surface area (Å²) in [6, 6.07) is 19.8. The number of nitrogens with one attached hydrogen (secondary N) is 1.